The number of likely N-dealkylation sites (tertiary alicyclic amines) is 1. The van der Waals surface area contributed by atoms with Crippen molar-refractivity contribution in [2.24, 2.45) is 5.92 Å². The number of anilines is 2. The third-order valence-corrected chi connectivity index (χ3v) is 8.91. The van der Waals surface area contributed by atoms with E-state index in [9.17, 15) is 9.59 Å². The van der Waals surface area contributed by atoms with Crippen LogP contribution in [0.5, 0.6) is 0 Å². The molecule has 1 aliphatic heterocycles. The number of hydrogen-bond donors (Lipinski definition) is 4. The SMILES string of the molecule is COC(=O)N[C@H](C(=O)N1CCC[C@@H]1c1ncc(-c2ccc3ccc(-c4cc5[nH]cnc5cc4Nc4ccccc4)cc3c2)[nH]1)C(C)C. The Morgan fingerprint density at radius 2 is 1.74 bits per heavy atom. The number of nitrogens with zero attached hydrogens (tertiary/aromatic N) is 3. The number of fused-ring (bicyclic) bond motifs is 2. The summed E-state index contributed by atoms with van der Waals surface area (Å²) in [5, 5.41) is 8.52. The highest BCUT2D eigenvalue weighted by atomic mass is 16.5. The van der Waals surface area contributed by atoms with Crippen LogP contribution in [0.25, 0.3) is 44.2 Å². The molecule has 238 valence electrons. The molecule has 0 unspecified atom stereocenters. The molecule has 0 saturated carbocycles. The van der Waals surface area contributed by atoms with Crippen LogP contribution in [-0.2, 0) is 9.53 Å². The average Bonchev–Trinajstić information content (AvgIpc) is 3.87. The molecule has 10 heteroatoms. The molecular weight excluding hydrogens is 590 g/mol. The minimum Gasteiger partial charge on any atom is -0.453 e. The molecule has 4 N–H and O–H groups in total. The highest BCUT2D eigenvalue weighted by Crippen LogP contribution is 2.37. The Kier molecular flexibility index (Phi) is 8.07. The van der Waals surface area contributed by atoms with Crippen molar-refractivity contribution in [3.8, 4) is 22.4 Å². The van der Waals surface area contributed by atoms with Crippen molar-refractivity contribution in [2.75, 3.05) is 19.0 Å². The molecule has 1 aliphatic rings. The van der Waals surface area contributed by atoms with Gasteiger partial charge in [0.2, 0.25) is 5.91 Å². The second-order valence-corrected chi connectivity index (χ2v) is 12.3. The fourth-order valence-electron chi connectivity index (χ4n) is 6.43. The summed E-state index contributed by atoms with van der Waals surface area (Å²) in [6.07, 6.45) is 4.59. The van der Waals surface area contributed by atoms with E-state index < -0.39 is 12.1 Å². The number of rotatable bonds is 8. The van der Waals surface area contributed by atoms with E-state index in [1.54, 1.807) is 6.33 Å². The van der Waals surface area contributed by atoms with E-state index in [-0.39, 0.29) is 17.9 Å². The maximum atomic E-state index is 13.6. The van der Waals surface area contributed by atoms with Crippen LogP contribution in [0.15, 0.2) is 91.4 Å². The molecule has 2 aromatic heterocycles. The number of alkyl carbamates (subject to hydrolysis) is 1. The lowest BCUT2D eigenvalue weighted by Crippen LogP contribution is -2.51. The van der Waals surface area contributed by atoms with Gasteiger partial charge in [-0.1, -0.05) is 56.3 Å². The number of hydrogen-bond acceptors (Lipinski definition) is 6. The number of aromatic amines is 2. The molecule has 0 bridgehead atoms. The fourth-order valence-corrected chi connectivity index (χ4v) is 6.43. The van der Waals surface area contributed by atoms with E-state index in [2.05, 4.69) is 74.1 Å². The number of ether oxygens (including phenoxy) is 1. The summed E-state index contributed by atoms with van der Waals surface area (Å²) < 4.78 is 4.77. The van der Waals surface area contributed by atoms with Crippen LogP contribution in [0.3, 0.4) is 0 Å². The van der Waals surface area contributed by atoms with Gasteiger partial charge in [0.15, 0.2) is 0 Å². The molecule has 3 heterocycles. The predicted molar refractivity (Wildman–Crippen MR) is 184 cm³/mol. The zero-order chi connectivity index (χ0) is 32.5. The molecule has 1 saturated heterocycles. The second kappa shape index (κ2) is 12.6. The number of aromatic nitrogens is 4. The number of H-pyrrole nitrogens is 2. The van der Waals surface area contributed by atoms with Gasteiger partial charge in [-0.3, -0.25) is 4.79 Å². The highest BCUT2D eigenvalue weighted by Gasteiger charge is 2.37. The van der Waals surface area contributed by atoms with Gasteiger partial charge in [-0.25, -0.2) is 14.8 Å². The van der Waals surface area contributed by atoms with Gasteiger partial charge >= 0.3 is 6.09 Å². The Labute approximate surface area is 272 Å². The molecule has 7 rings (SSSR count). The minimum absolute atomic E-state index is 0.0934. The molecule has 2 atom stereocenters. The average molecular weight is 628 g/mol. The van der Waals surface area contributed by atoms with Crippen LogP contribution in [0.4, 0.5) is 16.2 Å². The summed E-state index contributed by atoms with van der Waals surface area (Å²) in [5.41, 5.74) is 7.87. The number of carbonyl (C=O) groups is 2. The summed E-state index contributed by atoms with van der Waals surface area (Å²) in [4.78, 5) is 43.3. The van der Waals surface area contributed by atoms with Crippen molar-refractivity contribution in [3.05, 3.63) is 97.2 Å². The number of para-hydroxylation sites is 1. The Hall–Kier alpha value is -5.64. The number of amides is 2. The van der Waals surface area contributed by atoms with E-state index in [0.29, 0.717) is 6.54 Å². The number of nitrogens with one attached hydrogen (secondary N) is 4. The summed E-state index contributed by atoms with van der Waals surface area (Å²) in [5.74, 6) is 0.521. The molecule has 10 nitrogen and oxygen atoms in total. The van der Waals surface area contributed by atoms with Gasteiger partial charge in [0, 0.05) is 29.0 Å². The first-order valence-electron chi connectivity index (χ1n) is 15.9. The molecule has 1 fully saturated rings. The lowest BCUT2D eigenvalue weighted by molar-refractivity contribution is -0.135. The van der Waals surface area contributed by atoms with Gasteiger partial charge in [0.05, 0.1) is 42.4 Å². The Morgan fingerprint density at radius 1 is 0.957 bits per heavy atom. The van der Waals surface area contributed by atoms with Gasteiger partial charge in [-0.2, -0.15) is 0 Å². The summed E-state index contributed by atoms with van der Waals surface area (Å²) in [6.45, 7) is 4.43. The van der Waals surface area contributed by atoms with Crippen LogP contribution in [0, 0.1) is 5.92 Å². The number of benzene rings is 4. The van der Waals surface area contributed by atoms with Crippen LogP contribution >= 0.6 is 0 Å². The van der Waals surface area contributed by atoms with E-state index >= 15 is 0 Å². The quantitative estimate of drug-likeness (QED) is 0.138. The van der Waals surface area contributed by atoms with Gasteiger partial charge in [-0.05, 0) is 71.5 Å². The first-order valence-corrected chi connectivity index (χ1v) is 15.9. The van der Waals surface area contributed by atoms with Crippen LogP contribution in [-0.4, -0.2) is 56.5 Å². The van der Waals surface area contributed by atoms with Crippen molar-refractivity contribution >= 4 is 45.2 Å². The molecule has 0 radical (unpaired) electrons. The van der Waals surface area contributed by atoms with Crippen LogP contribution in [0.2, 0.25) is 0 Å². The summed E-state index contributed by atoms with van der Waals surface area (Å²) >= 11 is 0. The third-order valence-electron chi connectivity index (χ3n) is 8.91. The highest BCUT2D eigenvalue weighted by molar-refractivity contribution is 5.96. The maximum Gasteiger partial charge on any atom is 0.407 e. The molecule has 6 aromatic rings. The van der Waals surface area contributed by atoms with Crippen molar-refractivity contribution in [2.45, 2.75) is 38.8 Å². The Balaban J connectivity index is 1.18. The van der Waals surface area contributed by atoms with E-state index in [1.165, 1.54) is 7.11 Å². The third kappa shape index (κ3) is 6.02. The first-order chi connectivity index (χ1) is 22.9. The maximum absolute atomic E-state index is 13.6. The van der Waals surface area contributed by atoms with Gasteiger partial charge < -0.3 is 30.2 Å². The zero-order valence-corrected chi connectivity index (χ0v) is 26.6. The monoisotopic (exact) mass is 627 g/mol. The largest absolute Gasteiger partial charge is 0.453 e. The lowest BCUT2D eigenvalue weighted by atomic mass is 9.97. The Morgan fingerprint density at radius 3 is 2.53 bits per heavy atom. The molecular formula is C37H37N7O3. The van der Waals surface area contributed by atoms with E-state index in [4.69, 9.17) is 9.72 Å². The van der Waals surface area contributed by atoms with Crippen molar-refractivity contribution in [1.82, 2.24) is 30.2 Å². The predicted octanol–water partition coefficient (Wildman–Crippen LogP) is 7.56. The van der Waals surface area contributed by atoms with Gasteiger partial charge in [0.25, 0.3) is 0 Å². The van der Waals surface area contributed by atoms with Gasteiger partial charge in [0.1, 0.15) is 11.9 Å². The normalized spacial score (nSPS) is 15.3. The topological polar surface area (TPSA) is 128 Å². The summed E-state index contributed by atoms with van der Waals surface area (Å²) in [7, 11) is 1.30. The molecule has 47 heavy (non-hydrogen) atoms. The smallest absolute Gasteiger partial charge is 0.407 e. The standard InChI is InChI=1S/C37H37N7O3/c1-22(2)34(43-37(46)47-3)36(45)44-15-7-10-33(44)35-38-20-32(42-35)25-14-12-23-11-13-24(16-26(23)17-25)28-18-30-31(40-21-39-30)19-29(28)41-27-8-5-4-6-9-27/h4-6,8-9,11-14,16-22,33-34,41H,7,10,15H2,1-3H3,(H,38,42)(H,39,40)(H,43,46)/t33-,34+/m1/s1. The van der Waals surface area contributed by atoms with Crippen molar-refractivity contribution < 1.29 is 14.3 Å². The van der Waals surface area contributed by atoms with Gasteiger partial charge in [-0.15, -0.1) is 0 Å². The molecule has 2 amide bonds. The number of imidazole rings is 2. The Bertz CT molecular complexity index is 2070. The lowest BCUT2D eigenvalue weighted by Gasteiger charge is -2.30. The molecule has 4 aromatic carbocycles. The van der Waals surface area contributed by atoms with E-state index in [1.807, 2.05) is 55.3 Å². The molecule has 0 spiro atoms. The van der Waals surface area contributed by atoms with Crippen LogP contribution in [0.1, 0.15) is 38.6 Å². The first kappa shape index (κ1) is 30.0. The number of carbonyl (C=O) groups excluding carboxylic acids is 2. The second-order valence-electron chi connectivity index (χ2n) is 12.3. The van der Waals surface area contributed by atoms with Crippen molar-refractivity contribution in [1.29, 1.82) is 0 Å². The van der Waals surface area contributed by atoms with Crippen molar-refractivity contribution in [3.63, 3.8) is 0 Å². The minimum atomic E-state index is -0.676. The van der Waals surface area contributed by atoms with Crippen LogP contribution < -0.4 is 10.6 Å². The number of methoxy groups -OCH3 is 1. The van der Waals surface area contributed by atoms with E-state index in [0.717, 1.165) is 74.2 Å². The fraction of sp³-hybridized carbons (Fsp3) is 0.243. The molecule has 0 aliphatic carbocycles. The zero-order valence-electron chi connectivity index (χ0n) is 26.6. The summed E-state index contributed by atoms with van der Waals surface area (Å²) in [6, 6.07) is 26.3.